The van der Waals surface area contributed by atoms with Crippen molar-refractivity contribution in [1.29, 1.82) is 0 Å². The van der Waals surface area contributed by atoms with Crippen molar-refractivity contribution in [3.8, 4) is 11.1 Å². The van der Waals surface area contributed by atoms with Gasteiger partial charge in [-0.15, -0.1) is 0 Å². The SMILES string of the molecule is CC(C)(C)c1ccc(-c2ccc3c(c2)CC=C[C@]3(C=O)NC(=O)O)cc1. The Bertz CT molecular complexity index is 875. The van der Waals surface area contributed by atoms with Gasteiger partial charge in [-0.05, 0) is 39.7 Å². The molecule has 26 heavy (non-hydrogen) atoms. The molecule has 1 atom stereocenters. The Morgan fingerprint density at radius 3 is 2.35 bits per heavy atom. The van der Waals surface area contributed by atoms with E-state index in [2.05, 4.69) is 50.4 Å². The molecule has 0 spiro atoms. The largest absolute Gasteiger partial charge is 0.465 e. The molecule has 0 heterocycles. The first-order chi connectivity index (χ1) is 12.2. The number of nitrogens with one attached hydrogen (secondary N) is 1. The maximum Gasteiger partial charge on any atom is 0.405 e. The van der Waals surface area contributed by atoms with E-state index in [4.69, 9.17) is 5.11 Å². The van der Waals surface area contributed by atoms with Gasteiger partial charge in [0.15, 0.2) is 6.29 Å². The summed E-state index contributed by atoms with van der Waals surface area (Å²) in [5.41, 5.74) is 3.85. The van der Waals surface area contributed by atoms with E-state index in [1.54, 1.807) is 6.08 Å². The fourth-order valence-electron chi connectivity index (χ4n) is 3.39. The van der Waals surface area contributed by atoms with E-state index in [1.807, 2.05) is 24.3 Å². The van der Waals surface area contributed by atoms with E-state index in [1.165, 1.54) is 5.56 Å². The summed E-state index contributed by atoms with van der Waals surface area (Å²) in [4.78, 5) is 22.8. The predicted molar refractivity (Wildman–Crippen MR) is 102 cm³/mol. The standard InChI is InChI=1S/C22H23NO3/c1-21(2,3)18-9-6-15(7-10-18)16-8-11-19-17(13-16)5-4-12-22(19,14-24)23-20(25)26/h4,6-14,23H,5H2,1-3H3,(H,25,26)/t22-/m1/s1. The molecule has 134 valence electrons. The first-order valence-electron chi connectivity index (χ1n) is 8.65. The minimum absolute atomic E-state index is 0.102. The lowest BCUT2D eigenvalue weighted by Crippen LogP contribution is -2.46. The number of rotatable bonds is 3. The second-order valence-corrected chi connectivity index (χ2v) is 7.72. The van der Waals surface area contributed by atoms with Gasteiger partial charge in [-0.1, -0.05) is 75.4 Å². The molecule has 0 bridgehead atoms. The molecule has 0 saturated carbocycles. The summed E-state index contributed by atoms with van der Waals surface area (Å²) in [6, 6.07) is 14.3. The summed E-state index contributed by atoms with van der Waals surface area (Å²) >= 11 is 0. The van der Waals surface area contributed by atoms with Crippen molar-refractivity contribution in [2.24, 2.45) is 0 Å². The van der Waals surface area contributed by atoms with Crippen molar-refractivity contribution in [3.63, 3.8) is 0 Å². The zero-order valence-electron chi connectivity index (χ0n) is 15.2. The average Bonchev–Trinajstić information content (AvgIpc) is 2.60. The Kier molecular flexibility index (Phi) is 4.45. The molecule has 0 fully saturated rings. The van der Waals surface area contributed by atoms with Gasteiger partial charge in [0.05, 0.1) is 0 Å². The van der Waals surface area contributed by atoms with Crippen LogP contribution < -0.4 is 5.32 Å². The van der Waals surface area contributed by atoms with Crippen LogP contribution in [0.5, 0.6) is 0 Å². The topological polar surface area (TPSA) is 66.4 Å². The van der Waals surface area contributed by atoms with Gasteiger partial charge in [0, 0.05) is 0 Å². The average molecular weight is 349 g/mol. The number of aldehydes is 1. The van der Waals surface area contributed by atoms with Crippen molar-refractivity contribution >= 4 is 12.4 Å². The smallest absolute Gasteiger partial charge is 0.405 e. The number of fused-ring (bicyclic) bond motifs is 1. The van der Waals surface area contributed by atoms with Crippen LogP contribution >= 0.6 is 0 Å². The number of carboxylic acid groups (broad SMARTS) is 1. The fourth-order valence-corrected chi connectivity index (χ4v) is 3.39. The molecule has 2 N–H and O–H groups in total. The van der Waals surface area contributed by atoms with Crippen LogP contribution in [0, 0.1) is 0 Å². The lowest BCUT2D eigenvalue weighted by molar-refractivity contribution is -0.112. The monoisotopic (exact) mass is 349 g/mol. The number of benzene rings is 2. The van der Waals surface area contributed by atoms with Crippen LogP contribution in [0.1, 0.15) is 37.5 Å². The fraction of sp³-hybridized carbons (Fsp3) is 0.273. The van der Waals surface area contributed by atoms with E-state index >= 15 is 0 Å². The highest BCUT2D eigenvalue weighted by Crippen LogP contribution is 2.33. The van der Waals surface area contributed by atoms with Crippen LogP contribution in [0.2, 0.25) is 0 Å². The lowest BCUT2D eigenvalue weighted by atomic mass is 9.80. The van der Waals surface area contributed by atoms with Crippen LogP contribution in [0.3, 0.4) is 0 Å². The van der Waals surface area contributed by atoms with Crippen LogP contribution in [0.4, 0.5) is 4.79 Å². The van der Waals surface area contributed by atoms with Gasteiger partial charge in [-0.2, -0.15) is 0 Å². The van der Waals surface area contributed by atoms with Crippen LogP contribution in [0.15, 0.2) is 54.6 Å². The van der Waals surface area contributed by atoms with Crippen molar-refractivity contribution in [1.82, 2.24) is 5.32 Å². The third kappa shape index (κ3) is 3.27. The van der Waals surface area contributed by atoms with E-state index < -0.39 is 11.6 Å². The number of amides is 1. The summed E-state index contributed by atoms with van der Waals surface area (Å²) in [6.07, 6.45) is 3.54. The Morgan fingerprint density at radius 1 is 1.12 bits per heavy atom. The van der Waals surface area contributed by atoms with Crippen LogP contribution in [-0.2, 0) is 22.2 Å². The lowest BCUT2D eigenvalue weighted by Gasteiger charge is -2.30. The zero-order chi connectivity index (χ0) is 18.9. The molecule has 0 aromatic heterocycles. The Labute approximate surface area is 153 Å². The summed E-state index contributed by atoms with van der Waals surface area (Å²) in [5, 5.41) is 11.5. The molecule has 0 aliphatic heterocycles. The third-order valence-corrected chi connectivity index (χ3v) is 4.85. The molecule has 0 saturated heterocycles. The molecule has 2 aromatic rings. The van der Waals surface area contributed by atoms with Gasteiger partial charge in [0.25, 0.3) is 0 Å². The van der Waals surface area contributed by atoms with Crippen molar-refractivity contribution < 1.29 is 14.7 Å². The molecule has 4 nitrogen and oxygen atoms in total. The molecule has 2 aromatic carbocycles. The quantitative estimate of drug-likeness (QED) is 0.636. The Morgan fingerprint density at radius 2 is 1.77 bits per heavy atom. The normalized spacial score (nSPS) is 18.9. The second-order valence-electron chi connectivity index (χ2n) is 7.72. The number of carbonyl (C=O) groups excluding carboxylic acids is 1. The highest BCUT2D eigenvalue weighted by Gasteiger charge is 2.35. The van der Waals surface area contributed by atoms with Gasteiger partial charge >= 0.3 is 6.09 Å². The Hall–Kier alpha value is -2.88. The molecule has 1 aliphatic rings. The van der Waals surface area contributed by atoms with Gasteiger partial charge in [0.2, 0.25) is 0 Å². The van der Waals surface area contributed by atoms with Crippen LogP contribution in [-0.4, -0.2) is 17.5 Å². The second kappa shape index (κ2) is 6.45. The van der Waals surface area contributed by atoms with E-state index in [0.29, 0.717) is 18.3 Å². The number of allylic oxidation sites excluding steroid dienone is 1. The van der Waals surface area contributed by atoms with E-state index in [9.17, 15) is 9.59 Å². The third-order valence-electron chi connectivity index (χ3n) is 4.85. The summed E-state index contributed by atoms with van der Waals surface area (Å²) in [7, 11) is 0. The highest BCUT2D eigenvalue weighted by atomic mass is 16.4. The van der Waals surface area contributed by atoms with Gasteiger partial charge < -0.3 is 10.4 Å². The maximum absolute atomic E-state index is 11.7. The Balaban J connectivity index is 2.00. The van der Waals surface area contributed by atoms with Crippen molar-refractivity contribution in [3.05, 3.63) is 71.3 Å². The maximum atomic E-state index is 11.7. The molecule has 0 radical (unpaired) electrons. The van der Waals surface area contributed by atoms with Gasteiger partial charge in [-0.25, -0.2) is 4.79 Å². The first-order valence-corrected chi connectivity index (χ1v) is 8.65. The van der Waals surface area contributed by atoms with Crippen molar-refractivity contribution in [2.45, 2.75) is 38.1 Å². The van der Waals surface area contributed by atoms with Gasteiger partial charge in [-0.3, -0.25) is 4.79 Å². The molecular weight excluding hydrogens is 326 g/mol. The minimum atomic E-state index is -1.31. The van der Waals surface area contributed by atoms with Crippen LogP contribution in [0.25, 0.3) is 11.1 Å². The van der Waals surface area contributed by atoms with Gasteiger partial charge in [0.1, 0.15) is 5.54 Å². The summed E-state index contributed by atoms with van der Waals surface area (Å²) in [6.45, 7) is 6.55. The van der Waals surface area contributed by atoms with Crippen molar-refractivity contribution in [2.75, 3.05) is 0 Å². The molecule has 1 amide bonds. The number of hydrogen-bond acceptors (Lipinski definition) is 2. The number of carbonyl (C=O) groups is 2. The molecular formula is C22H23NO3. The summed E-state index contributed by atoms with van der Waals surface area (Å²) < 4.78 is 0. The highest BCUT2D eigenvalue weighted by molar-refractivity contribution is 5.81. The summed E-state index contributed by atoms with van der Waals surface area (Å²) in [5.74, 6) is 0. The first kappa shape index (κ1) is 17.9. The molecule has 4 heteroatoms. The molecule has 3 rings (SSSR count). The molecule has 0 unspecified atom stereocenters. The van der Waals surface area contributed by atoms with E-state index in [-0.39, 0.29) is 5.41 Å². The zero-order valence-corrected chi connectivity index (χ0v) is 15.2. The minimum Gasteiger partial charge on any atom is -0.465 e. The predicted octanol–water partition coefficient (Wildman–Crippen LogP) is 4.43. The van der Waals surface area contributed by atoms with E-state index in [0.717, 1.165) is 16.7 Å². The molecule has 1 aliphatic carbocycles. The number of hydrogen-bond donors (Lipinski definition) is 2.